The van der Waals surface area contributed by atoms with Gasteiger partial charge < -0.3 is 10.0 Å². The lowest BCUT2D eigenvalue weighted by Crippen LogP contribution is -2.45. The number of likely N-dealkylation sites (N-methyl/N-ethyl adjacent to an activating group) is 1. The van der Waals surface area contributed by atoms with Crippen LogP contribution in [0.2, 0.25) is 0 Å². The highest BCUT2D eigenvalue weighted by Gasteiger charge is 2.25. The molecule has 4 nitrogen and oxygen atoms in total. The first-order valence-corrected chi connectivity index (χ1v) is 7.35. The van der Waals surface area contributed by atoms with Crippen LogP contribution < -0.4 is 5.32 Å². The molecule has 0 spiro atoms. The molecule has 4 heteroatoms. The molecule has 1 aromatic rings. The zero-order chi connectivity index (χ0) is 14.7. The van der Waals surface area contributed by atoms with Gasteiger partial charge >= 0.3 is 0 Å². The number of aromatic hydroxyl groups is 1. The van der Waals surface area contributed by atoms with Crippen LogP contribution in [0, 0.1) is 0 Å². The standard InChI is InChI=1S/C16H24N2O2/c1-4-18(3)16(20)11(2)17-15-7-5-6-12-10-13(19)8-9-14(12)15/h8-11,15,17,19H,4-7H2,1-3H3. The molecule has 0 aromatic heterocycles. The number of phenolic OH excluding ortho intramolecular Hbond substituents is 1. The van der Waals surface area contributed by atoms with Crippen molar-refractivity contribution in [3.8, 4) is 5.75 Å². The number of nitrogens with one attached hydrogen (secondary N) is 1. The van der Waals surface area contributed by atoms with Crippen LogP contribution in [0.5, 0.6) is 5.75 Å². The van der Waals surface area contributed by atoms with E-state index in [9.17, 15) is 9.90 Å². The fourth-order valence-electron chi connectivity index (χ4n) is 2.83. The Morgan fingerprint density at radius 3 is 3.00 bits per heavy atom. The highest BCUT2D eigenvalue weighted by Crippen LogP contribution is 2.32. The summed E-state index contributed by atoms with van der Waals surface area (Å²) in [6, 6.07) is 5.55. The van der Waals surface area contributed by atoms with Crippen molar-refractivity contribution in [2.24, 2.45) is 0 Å². The summed E-state index contributed by atoms with van der Waals surface area (Å²) >= 11 is 0. The van der Waals surface area contributed by atoms with Crippen molar-refractivity contribution < 1.29 is 9.90 Å². The normalized spacial score (nSPS) is 19.2. The van der Waals surface area contributed by atoms with Gasteiger partial charge in [0.2, 0.25) is 5.91 Å². The van der Waals surface area contributed by atoms with Crippen LogP contribution in [-0.2, 0) is 11.2 Å². The maximum atomic E-state index is 12.1. The minimum atomic E-state index is -0.190. The maximum absolute atomic E-state index is 12.1. The first-order chi connectivity index (χ1) is 9.52. The van der Waals surface area contributed by atoms with Crippen LogP contribution in [0.3, 0.4) is 0 Å². The van der Waals surface area contributed by atoms with E-state index < -0.39 is 0 Å². The predicted molar refractivity (Wildman–Crippen MR) is 79.7 cm³/mol. The van der Waals surface area contributed by atoms with E-state index in [1.54, 1.807) is 11.0 Å². The van der Waals surface area contributed by atoms with Gasteiger partial charge in [0.25, 0.3) is 0 Å². The van der Waals surface area contributed by atoms with E-state index in [4.69, 9.17) is 0 Å². The lowest BCUT2D eigenvalue weighted by atomic mass is 9.87. The number of carbonyl (C=O) groups excluding carboxylic acids is 1. The zero-order valence-electron chi connectivity index (χ0n) is 12.5. The summed E-state index contributed by atoms with van der Waals surface area (Å²) in [7, 11) is 1.83. The minimum absolute atomic E-state index is 0.124. The van der Waals surface area contributed by atoms with E-state index in [1.165, 1.54) is 11.1 Å². The average molecular weight is 276 g/mol. The monoisotopic (exact) mass is 276 g/mol. The van der Waals surface area contributed by atoms with Crippen LogP contribution >= 0.6 is 0 Å². The van der Waals surface area contributed by atoms with Gasteiger partial charge in [-0.25, -0.2) is 0 Å². The first-order valence-electron chi connectivity index (χ1n) is 7.35. The van der Waals surface area contributed by atoms with Crippen molar-refractivity contribution in [3.05, 3.63) is 29.3 Å². The number of benzene rings is 1. The zero-order valence-corrected chi connectivity index (χ0v) is 12.5. The molecule has 1 aromatic carbocycles. The van der Waals surface area contributed by atoms with E-state index in [0.717, 1.165) is 25.8 Å². The third-order valence-electron chi connectivity index (χ3n) is 4.11. The number of carbonyl (C=O) groups is 1. The predicted octanol–water partition coefficient (Wildman–Crippen LogP) is 2.23. The second-order valence-corrected chi connectivity index (χ2v) is 5.57. The van der Waals surface area contributed by atoms with Gasteiger partial charge in [0.1, 0.15) is 5.75 Å². The van der Waals surface area contributed by atoms with E-state index >= 15 is 0 Å². The summed E-state index contributed by atoms with van der Waals surface area (Å²) in [6.45, 7) is 4.62. The summed E-state index contributed by atoms with van der Waals surface area (Å²) in [6.07, 6.45) is 3.11. The SMILES string of the molecule is CCN(C)C(=O)C(C)NC1CCCc2cc(O)ccc21. The van der Waals surface area contributed by atoms with Gasteiger partial charge in [-0.05, 0) is 56.4 Å². The van der Waals surface area contributed by atoms with Crippen LogP contribution in [0.25, 0.3) is 0 Å². The number of nitrogens with zero attached hydrogens (tertiary/aromatic N) is 1. The average Bonchev–Trinajstić information content (AvgIpc) is 2.45. The summed E-state index contributed by atoms with van der Waals surface area (Å²) in [5.41, 5.74) is 2.41. The van der Waals surface area contributed by atoms with Crippen molar-refractivity contribution in [1.29, 1.82) is 0 Å². The molecule has 0 heterocycles. The Bertz CT molecular complexity index is 487. The topological polar surface area (TPSA) is 52.6 Å². The molecule has 0 fully saturated rings. The number of aryl methyl sites for hydroxylation is 1. The van der Waals surface area contributed by atoms with Crippen molar-refractivity contribution in [1.82, 2.24) is 10.2 Å². The van der Waals surface area contributed by atoms with Gasteiger partial charge in [-0.2, -0.15) is 0 Å². The Hall–Kier alpha value is -1.55. The molecule has 110 valence electrons. The number of fused-ring (bicyclic) bond motifs is 1. The molecule has 2 N–H and O–H groups in total. The molecule has 2 atom stereocenters. The quantitative estimate of drug-likeness (QED) is 0.886. The number of hydrogen-bond donors (Lipinski definition) is 2. The molecule has 2 unspecified atom stereocenters. The number of amides is 1. The Morgan fingerprint density at radius 1 is 1.55 bits per heavy atom. The van der Waals surface area contributed by atoms with Crippen molar-refractivity contribution in [3.63, 3.8) is 0 Å². The van der Waals surface area contributed by atoms with Gasteiger partial charge in [-0.15, -0.1) is 0 Å². The minimum Gasteiger partial charge on any atom is -0.508 e. The fraction of sp³-hybridized carbons (Fsp3) is 0.562. The van der Waals surface area contributed by atoms with E-state index in [2.05, 4.69) is 5.32 Å². The van der Waals surface area contributed by atoms with Crippen molar-refractivity contribution in [2.75, 3.05) is 13.6 Å². The third-order valence-corrected chi connectivity index (χ3v) is 4.11. The summed E-state index contributed by atoms with van der Waals surface area (Å²) in [4.78, 5) is 13.9. The highest BCUT2D eigenvalue weighted by atomic mass is 16.3. The van der Waals surface area contributed by atoms with Crippen LogP contribution in [-0.4, -0.2) is 35.5 Å². The van der Waals surface area contributed by atoms with Crippen LogP contribution in [0.15, 0.2) is 18.2 Å². The second kappa shape index (κ2) is 6.27. The number of phenols is 1. The van der Waals surface area contributed by atoms with Gasteiger partial charge in [-0.3, -0.25) is 10.1 Å². The third kappa shape index (κ3) is 3.12. The molecule has 0 saturated heterocycles. The van der Waals surface area contributed by atoms with Crippen molar-refractivity contribution in [2.45, 2.75) is 45.2 Å². The Balaban J connectivity index is 2.10. The number of hydrogen-bond acceptors (Lipinski definition) is 3. The molecule has 20 heavy (non-hydrogen) atoms. The molecule has 0 aliphatic heterocycles. The summed E-state index contributed by atoms with van der Waals surface area (Å²) in [5.74, 6) is 0.442. The Labute approximate surface area is 120 Å². The lowest BCUT2D eigenvalue weighted by molar-refractivity contribution is -0.131. The smallest absolute Gasteiger partial charge is 0.239 e. The molecule has 1 aliphatic carbocycles. The van der Waals surface area contributed by atoms with Crippen molar-refractivity contribution >= 4 is 5.91 Å². The van der Waals surface area contributed by atoms with Crippen LogP contribution in [0.4, 0.5) is 0 Å². The molecular weight excluding hydrogens is 252 g/mol. The molecule has 0 saturated carbocycles. The highest BCUT2D eigenvalue weighted by molar-refractivity contribution is 5.81. The molecule has 1 aliphatic rings. The van der Waals surface area contributed by atoms with E-state index in [1.807, 2.05) is 33.0 Å². The molecular formula is C16H24N2O2. The lowest BCUT2D eigenvalue weighted by Gasteiger charge is -2.30. The van der Waals surface area contributed by atoms with E-state index in [0.29, 0.717) is 5.75 Å². The van der Waals surface area contributed by atoms with Gasteiger partial charge in [0, 0.05) is 19.6 Å². The van der Waals surface area contributed by atoms with Gasteiger partial charge in [0.05, 0.1) is 6.04 Å². The second-order valence-electron chi connectivity index (χ2n) is 5.57. The van der Waals surface area contributed by atoms with Gasteiger partial charge in [-0.1, -0.05) is 6.07 Å². The number of rotatable bonds is 4. The largest absolute Gasteiger partial charge is 0.508 e. The fourth-order valence-corrected chi connectivity index (χ4v) is 2.83. The van der Waals surface area contributed by atoms with E-state index in [-0.39, 0.29) is 18.0 Å². The molecule has 0 radical (unpaired) electrons. The molecule has 1 amide bonds. The Kier molecular flexibility index (Phi) is 4.65. The van der Waals surface area contributed by atoms with Crippen LogP contribution in [0.1, 0.15) is 43.9 Å². The molecule has 0 bridgehead atoms. The molecule has 2 rings (SSSR count). The maximum Gasteiger partial charge on any atom is 0.239 e. The Morgan fingerprint density at radius 2 is 2.30 bits per heavy atom. The first kappa shape index (κ1) is 14.9. The summed E-state index contributed by atoms with van der Waals surface area (Å²) in [5, 5.41) is 13.0. The summed E-state index contributed by atoms with van der Waals surface area (Å²) < 4.78 is 0. The van der Waals surface area contributed by atoms with Gasteiger partial charge in [0.15, 0.2) is 0 Å².